The molecule has 1 amide bonds. The largest absolute Gasteiger partial charge is 0.321 e. The van der Waals surface area contributed by atoms with Gasteiger partial charge in [-0.2, -0.15) is 5.26 Å². The van der Waals surface area contributed by atoms with E-state index in [2.05, 4.69) is 27.8 Å². The fourth-order valence-corrected chi connectivity index (χ4v) is 2.63. The van der Waals surface area contributed by atoms with Crippen LogP contribution in [0.1, 0.15) is 28.4 Å². The summed E-state index contributed by atoms with van der Waals surface area (Å²) in [6, 6.07) is 21.3. The lowest BCUT2D eigenvalue weighted by molar-refractivity contribution is 0.102. The molecular formula is C22H19N4O. The van der Waals surface area contributed by atoms with Crippen LogP contribution in [0.15, 0.2) is 60.8 Å². The number of amides is 1. The Morgan fingerprint density at radius 3 is 2.70 bits per heavy atom. The Bertz CT molecular complexity index is 960. The predicted octanol–water partition coefficient (Wildman–Crippen LogP) is 3.78. The van der Waals surface area contributed by atoms with Crippen molar-refractivity contribution in [3.05, 3.63) is 83.6 Å². The lowest BCUT2D eigenvalue weighted by Gasteiger charge is -2.08. The van der Waals surface area contributed by atoms with E-state index in [-0.39, 0.29) is 5.91 Å². The third kappa shape index (κ3) is 4.57. The molecule has 0 aliphatic rings. The number of anilines is 1. The Morgan fingerprint density at radius 2 is 2.04 bits per heavy atom. The molecule has 0 bridgehead atoms. The van der Waals surface area contributed by atoms with Gasteiger partial charge in [0.25, 0.3) is 5.91 Å². The van der Waals surface area contributed by atoms with Crippen LogP contribution in [0.4, 0.5) is 5.69 Å². The first-order chi connectivity index (χ1) is 13.2. The minimum absolute atomic E-state index is 0.210. The SMILES string of the molecule is CCNCc1cnc(-c2ccc(C(=O)Nc3[c]cccc3)cc2)c(C#N)c1. The van der Waals surface area contributed by atoms with Crippen molar-refractivity contribution in [2.24, 2.45) is 0 Å². The minimum atomic E-state index is -0.210. The summed E-state index contributed by atoms with van der Waals surface area (Å²) in [5.41, 5.74) is 4.04. The average molecular weight is 355 g/mol. The summed E-state index contributed by atoms with van der Waals surface area (Å²) in [6.45, 7) is 3.56. The highest BCUT2D eigenvalue weighted by atomic mass is 16.1. The molecule has 0 unspecified atom stereocenters. The van der Waals surface area contributed by atoms with Gasteiger partial charge in [0, 0.05) is 35.6 Å². The summed E-state index contributed by atoms with van der Waals surface area (Å²) >= 11 is 0. The lowest BCUT2D eigenvalue weighted by atomic mass is 10.0. The number of para-hydroxylation sites is 1. The average Bonchev–Trinajstić information content (AvgIpc) is 2.73. The second-order valence-corrected chi connectivity index (χ2v) is 5.94. The Labute approximate surface area is 158 Å². The van der Waals surface area contributed by atoms with Gasteiger partial charge in [0.05, 0.1) is 11.3 Å². The van der Waals surface area contributed by atoms with E-state index in [4.69, 9.17) is 0 Å². The van der Waals surface area contributed by atoms with E-state index >= 15 is 0 Å². The molecule has 2 aromatic carbocycles. The molecule has 0 aliphatic heterocycles. The highest BCUT2D eigenvalue weighted by Gasteiger charge is 2.10. The molecule has 133 valence electrons. The van der Waals surface area contributed by atoms with E-state index in [1.54, 1.807) is 42.6 Å². The molecular weight excluding hydrogens is 336 g/mol. The van der Waals surface area contributed by atoms with Gasteiger partial charge >= 0.3 is 0 Å². The molecule has 1 radical (unpaired) electrons. The highest BCUT2D eigenvalue weighted by Crippen LogP contribution is 2.22. The van der Waals surface area contributed by atoms with Crippen molar-refractivity contribution < 1.29 is 4.79 Å². The monoisotopic (exact) mass is 355 g/mol. The van der Waals surface area contributed by atoms with Crippen LogP contribution < -0.4 is 10.6 Å². The molecule has 3 rings (SSSR count). The van der Waals surface area contributed by atoms with Crippen molar-refractivity contribution in [1.82, 2.24) is 10.3 Å². The molecule has 27 heavy (non-hydrogen) atoms. The van der Waals surface area contributed by atoms with Crippen molar-refractivity contribution in [3.8, 4) is 17.3 Å². The number of carbonyl (C=O) groups is 1. The van der Waals surface area contributed by atoms with E-state index in [0.717, 1.165) is 17.7 Å². The molecule has 0 saturated carbocycles. The summed E-state index contributed by atoms with van der Waals surface area (Å²) < 4.78 is 0. The minimum Gasteiger partial charge on any atom is -0.321 e. The zero-order chi connectivity index (χ0) is 19.1. The Morgan fingerprint density at radius 1 is 1.22 bits per heavy atom. The second kappa shape index (κ2) is 8.75. The summed E-state index contributed by atoms with van der Waals surface area (Å²) in [5, 5.41) is 15.5. The van der Waals surface area contributed by atoms with Gasteiger partial charge in [-0.3, -0.25) is 9.78 Å². The molecule has 0 spiro atoms. The lowest BCUT2D eigenvalue weighted by Crippen LogP contribution is -2.12. The van der Waals surface area contributed by atoms with Crippen LogP contribution in [0.2, 0.25) is 0 Å². The zero-order valence-corrected chi connectivity index (χ0v) is 15.0. The fourth-order valence-electron chi connectivity index (χ4n) is 2.63. The topological polar surface area (TPSA) is 77.8 Å². The van der Waals surface area contributed by atoms with Crippen molar-refractivity contribution in [2.75, 3.05) is 11.9 Å². The number of rotatable bonds is 6. The Kier molecular flexibility index (Phi) is 5.93. The van der Waals surface area contributed by atoms with E-state index in [0.29, 0.717) is 29.1 Å². The molecule has 1 aromatic heterocycles. The predicted molar refractivity (Wildman–Crippen MR) is 105 cm³/mol. The number of hydrogen-bond acceptors (Lipinski definition) is 4. The van der Waals surface area contributed by atoms with Crippen LogP contribution in [0, 0.1) is 17.4 Å². The Hall–Kier alpha value is -3.49. The number of nitrogens with zero attached hydrogens (tertiary/aromatic N) is 2. The molecule has 0 saturated heterocycles. The zero-order valence-electron chi connectivity index (χ0n) is 15.0. The summed E-state index contributed by atoms with van der Waals surface area (Å²) in [5.74, 6) is -0.210. The van der Waals surface area contributed by atoms with E-state index in [1.165, 1.54) is 0 Å². The second-order valence-electron chi connectivity index (χ2n) is 5.94. The molecule has 2 N–H and O–H groups in total. The van der Waals surface area contributed by atoms with Gasteiger partial charge in [0.1, 0.15) is 6.07 Å². The molecule has 5 heteroatoms. The maximum absolute atomic E-state index is 12.3. The smallest absolute Gasteiger partial charge is 0.255 e. The van der Waals surface area contributed by atoms with Crippen molar-refractivity contribution in [2.45, 2.75) is 13.5 Å². The van der Waals surface area contributed by atoms with Gasteiger partial charge in [-0.15, -0.1) is 0 Å². The number of aromatic nitrogens is 1. The number of hydrogen-bond donors (Lipinski definition) is 2. The normalized spacial score (nSPS) is 10.2. The van der Waals surface area contributed by atoms with Crippen LogP contribution in [0.25, 0.3) is 11.3 Å². The van der Waals surface area contributed by atoms with Crippen LogP contribution in [-0.2, 0) is 6.54 Å². The van der Waals surface area contributed by atoms with Gasteiger partial charge in [-0.25, -0.2) is 0 Å². The van der Waals surface area contributed by atoms with Crippen molar-refractivity contribution in [1.29, 1.82) is 5.26 Å². The quantitative estimate of drug-likeness (QED) is 0.705. The molecule has 1 heterocycles. The molecule has 5 nitrogen and oxygen atoms in total. The number of benzene rings is 2. The van der Waals surface area contributed by atoms with E-state index in [9.17, 15) is 10.1 Å². The van der Waals surface area contributed by atoms with Gasteiger partial charge in [0.15, 0.2) is 0 Å². The molecule has 0 atom stereocenters. The molecule has 3 aromatic rings. The fraction of sp³-hybridized carbons (Fsp3) is 0.136. The van der Waals surface area contributed by atoms with E-state index < -0.39 is 0 Å². The van der Waals surface area contributed by atoms with Crippen LogP contribution >= 0.6 is 0 Å². The van der Waals surface area contributed by atoms with Crippen LogP contribution in [-0.4, -0.2) is 17.4 Å². The first kappa shape index (κ1) is 18.3. The van der Waals surface area contributed by atoms with Crippen molar-refractivity contribution >= 4 is 11.6 Å². The molecule has 0 fully saturated rings. The maximum Gasteiger partial charge on any atom is 0.255 e. The summed E-state index contributed by atoms with van der Waals surface area (Å²) in [7, 11) is 0. The number of nitrogens with one attached hydrogen (secondary N) is 2. The summed E-state index contributed by atoms with van der Waals surface area (Å²) in [6.07, 6.45) is 1.77. The van der Waals surface area contributed by atoms with E-state index in [1.807, 2.05) is 25.1 Å². The van der Waals surface area contributed by atoms with Gasteiger partial charge < -0.3 is 10.6 Å². The van der Waals surface area contributed by atoms with Crippen LogP contribution in [0.3, 0.4) is 0 Å². The standard InChI is InChI=1S/C22H19N4O/c1-2-24-14-16-12-19(13-23)21(25-15-16)17-8-10-18(11-9-17)22(27)26-20-6-4-3-5-7-20/h3-6,8-12,15,24H,2,14H2,1H3,(H,26,27). The summed E-state index contributed by atoms with van der Waals surface area (Å²) in [4.78, 5) is 16.8. The number of carbonyl (C=O) groups excluding carboxylic acids is 1. The van der Waals surface area contributed by atoms with Gasteiger partial charge in [-0.1, -0.05) is 37.3 Å². The third-order valence-electron chi connectivity index (χ3n) is 4.02. The van der Waals surface area contributed by atoms with Crippen molar-refractivity contribution in [3.63, 3.8) is 0 Å². The highest BCUT2D eigenvalue weighted by molar-refractivity contribution is 6.04. The molecule has 0 aliphatic carbocycles. The first-order valence-corrected chi connectivity index (χ1v) is 8.69. The third-order valence-corrected chi connectivity index (χ3v) is 4.02. The van der Waals surface area contributed by atoms with Crippen LogP contribution in [0.5, 0.6) is 0 Å². The first-order valence-electron chi connectivity index (χ1n) is 8.69. The number of nitriles is 1. The number of pyridine rings is 1. The Balaban J connectivity index is 1.79. The van der Waals surface area contributed by atoms with Gasteiger partial charge in [-0.05, 0) is 36.4 Å². The maximum atomic E-state index is 12.3. The van der Waals surface area contributed by atoms with Gasteiger partial charge in [0.2, 0.25) is 0 Å².